The van der Waals surface area contributed by atoms with Crippen molar-refractivity contribution in [2.45, 2.75) is 46.0 Å². The van der Waals surface area contributed by atoms with E-state index in [-0.39, 0.29) is 0 Å². The maximum atomic E-state index is 4.01. The van der Waals surface area contributed by atoms with Crippen molar-refractivity contribution in [1.82, 2.24) is 15.2 Å². The van der Waals surface area contributed by atoms with Gasteiger partial charge in [0, 0.05) is 29.2 Å². The van der Waals surface area contributed by atoms with Gasteiger partial charge in [-0.15, -0.1) is 0 Å². The maximum absolute atomic E-state index is 4.01. The van der Waals surface area contributed by atoms with Crippen molar-refractivity contribution in [1.29, 1.82) is 0 Å². The second-order valence-corrected chi connectivity index (χ2v) is 5.59. The first-order chi connectivity index (χ1) is 8.58. The number of nitrogens with zero attached hydrogens (tertiary/aromatic N) is 1. The molecule has 0 radical (unpaired) electrons. The van der Waals surface area contributed by atoms with Gasteiger partial charge in [-0.05, 0) is 36.5 Å². The molecule has 0 fully saturated rings. The average Bonchev–Trinajstić information content (AvgIpc) is 2.98. The van der Waals surface area contributed by atoms with Crippen LogP contribution in [0.5, 0.6) is 0 Å². The van der Waals surface area contributed by atoms with Crippen molar-refractivity contribution in [3.63, 3.8) is 0 Å². The number of nitrogens with one attached hydrogen (secondary N) is 2. The molecule has 2 N–H and O–H groups in total. The molecule has 0 bridgehead atoms. The number of aromatic nitrogens is 3. The van der Waals surface area contributed by atoms with Gasteiger partial charge in [-0.25, -0.2) is 0 Å². The SMILES string of the molecule is CC(Cc1ccc([C@H](C)C(C)C)[nH]1)c1ccn[nH]1. The van der Waals surface area contributed by atoms with E-state index in [1.807, 2.05) is 12.3 Å². The van der Waals surface area contributed by atoms with E-state index in [1.54, 1.807) is 0 Å². The van der Waals surface area contributed by atoms with Crippen LogP contribution in [0.1, 0.15) is 56.6 Å². The van der Waals surface area contributed by atoms with Gasteiger partial charge >= 0.3 is 0 Å². The topological polar surface area (TPSA) is 44.5 Å². The van der Waals surface area contributed by atoms with Crippen LogP contribution in [-0.4, -0.2) is 15.2 Å². The molecule has 98 valence electrons. The summed E-state index contributed by atoms with van der Waals surface area (Å²) in [6.45, 7) is 9.02. The predicted octanol–water partition coefficient (Wildman–Crippen LogP) is 3.84. The minimum atomic E-state index is 0.466. The Kier molecular flexibility index (Phi) is 3.90. The van der Waals surface area contributed by atoms with Crippen LogP contribution in [0.4, 0.5) is 0 Å². The first-order valence-electron chi connectivity index (χ1n) is 6.75. The largest absolute Gasteiger partial charge is 0.362 e. The molecule has 0 saturated carbocycles. The lowest BCUT2D eigenvalue weighted by Crippen LogP contribution is -2.03. The van der Waals surface area contributed by atoms with Crippen LogP contribution in [0.3, 0.4) is 0 Å². The van der Waals surface area contributed by atoms with Gasteiger partial charge in [-0.2, -0.15) is 5.10 Å². The van der Waals surface area contributed by atoms with Gasteiger partial charge in [0.2, 0.25) is 0 Å². The van der Waals surface area contributed by atoms with E-state index in [9.17, 15) is 0 Å². The molecule has 3 nitrogen and oxygen atoms in total. The molecular formula is C15H23N3. The third-order valence-corrected chi connectivity index (χ3v) is 3.84. The second-order valence-electron chi connectivity index (χ2n) is 5.59. The van der Waals surface area contributed by atoms with Crippen molar-refractivity contribution in [3.8, 4) is 0 Å². The van der Waals surface area contributed by atoms with Gasteiger partial charge in [0.25, 0.3) is 0 Å². The van der Waals surface area contributed by atoms with Crippen molar-refractivity contribution < 1.29 is 0 Å². The molecule has 2 aromatic heterocycles. The molecule has 18 heavy (non-hydrogen) atoms. The summed E-state index contributed by atoms with van der Waals surface area (Å²) in [5.74, 6) is 1.72. The quantitative estimate of drug-likeness (QED) is 0.825. The summed E-state index contributed by atoms with van der Waals surface area (Å²) in [5.41, 5.74) is 3.85. The zero-order valence-corrected chi connectivity index (χ0v) is 11.7. The van der Waals surface area contributed by atoms with Crippen LogP contribution >= 0.6 is 0 Å². The molecule has 0 aromatic carbocycles. The van der Waals surface area contributed by atoms with Crippen LogP contribution < -0.4 is 0 Å². The summed E-state index contributed by atoms with van der Waals surface area (Å²) in [6.07, 6.45) is 2.83. The van der Waals surface area contributed by atoms with Crippen molar-refractivity contribution in [3.05, 3.63) is 41.5 Å². The number of rotatable bonds is 5. The Hall–Kier alpha value is -1.51. The summed E-state index contributed by atoms with van der Waals surface area (Å²) in [7, 11) is 0. The average molecular weight is 245 g/mol. The minimum absolute atomic E-state index is 0.466. The minimum Gasteiger partial charge on any atom is -0.362 e. The van der Waals surface area contributed by atoms with Gasteiger partial charge in [-0.1, -0.05) is 27.7 Å². The highest BCUT2D eigenvalue weighted by Gasteiger charge is 2.13. The molecule has 0 spiro atoms. The number of hydrogen-bond donors (Lipinski definition) is 2. The maximum Gasteiger partial charge on any atom is 0.0490 e. The second kappa shape index (κ2) is 5.42. The molecule has 2 atom stereocenters. The monoisotopic (exact) mass is 245 g/mol. The van der Waals surface area contributed by atoms with E-state index >= 15 is 0 Å². The van der Waals surface area contributed by atoms with E-state index in [0.29, 0.717) is 17.8 Å². The normalized spacial score (nSPS) is 14.9. The molecule has 0 aliphatic carbocycles. The van der Waals surface area contributed by atoms with Gasteiger partial charge in [0.1, 0.15) is 0 Å². The molecule has 0 aliphatic rings. The van der Waals surface area contributed by atoms with E-state index in [2.05, 4.69) is 55.0 Å². The Morgan fingerprint density at radius 1 is 1.06 bits per heavy atom. The highest BCUT2D eigenvalue weighted by atomic mass is 15.1. The standard InChI is InChI=1S/C15H23N3/c1-10(2)12(4)15-6-5-13(17-15)9-11(3)14-7-8-16-18-14/h5-8,10-12,17H,9H2,1-4H3,(H,16,18)/t11?,12-/m1/s1. The van der Waals surface area contributed by atoms with E-state index < -0.39 is 0 Å². The summed E-state index contributed by atoms with van der Waals surface area (Å²) < 4.78 is 0. The number of H-pyrrole nitrogens is 2. The van der Waals surface area contributed by atoms with Crippen LogP contribution in [0.25, 0.3) is 0 Å². The molecule has 2 heterocycles. The Bertz CT molecular complexity index is 468. The van der Waals surface area contributed by atoms with Gasteiger partial charge in [0.15, 0.2) is 0 Å². The fourth-order valence-electron chi connectivity index (χ4n) is 2.18. The number of aromatic amines is 2. The molecular weight excluding hydrogens is 222 g/mol. The smallest absolute Gasteiger partial charge is 0.0490 e. The third-order valence-electron chi connectivity index (χ3n) is 3.84. The lowest BCUT2D eigenvalue weighted by Gasteiger charge is -2.14. The molecule has 1 unspecified atom stereocenters. The highest BCUT2D eigenvalue weighted by Crippen LogP contribution is 2.24. The lowest BCUT2D eigenvalue weighted by molar-refractivity contribution is 0.524. The van der Waals surface area contributed by atoms with E-state index in [0.717, 1.165) is 6.42 Å². The first-order valence-corrected chi connectivity index (χ1v) is 6.75. The fraction of sp³-hybridized carbons (Fsp3) is 0.533. The zero-order chi connectivity index (χ0) is 13.1. The van der Waals surface area contributed by atoms with Gasteiger partial charge in [-0.3, -0.25) is 5.10 Å². The van der Waals surface area contributed by atoms with E-state index in [1.165, 1.54) is 17.1 Å². The fourth-order valence-corrected chi connectivity index (χ4v) is 2.18. The summed E-state index contributed by atoms with van der Waals surface area (Å²) in [6, 6.07) is 6.48. The highest BCUT2D eigenvalue weighted by molar-refractivity contribution is 5.19. The van der Waals surface area contributed by atoms with Crippen molar-refractivity contribution >= 4 is 0 Å². The van der Waals surface area contributed by atoms with Crippen molar-refractivity contribution in [2.24, 2.45) is 5.92 Å². The Labute approximate surface area is 109 Å². The van der Waals surface area contributed by atoms with E-state index in [4.69, 9.17) is 0 Å². The summed E-state index contributed by atoms with van der Waals surface area (Å²) in [4.78, 5) is 3.55. The third kappa shape index (κ3) is 2.84. The molecule has 0 amide bonds. The predicted molar refractivity (Wildman–Crippen MR) is 74.8 cm³/mol. The van der Waals surface area contributed by atoms with Crippen LogP contribution in [-0.2, 0) is 6.42 Å². The van der Waals surface area contributed by atoms with Crippen LogP contribution in [0, 0.1) is 5.92 Å². The van der Waals surface area contributed by atoms with Crippen LogP contribution in [0.15, 0.2) is 24.4 Å². The molecule has 0 aliphatic heterocycles. The van der Waals surface area contributed by atoms with Crippen molar-refractivity contribution in [2.75, 3.05) is 0 Å². The Balaban J connectivity index is 2.03. The summed E-state index contributed by atoms with van der Waals surface area (Å²) >= 11 is 0. The Morgan fingerprint density at radius 2 is 1.83 bits per heavy atom. The molecule has 2 rings (SSSR count). The van der Waals surface area contributed by atoms with Crippen LogP contribution in [0.2, 0.25) is 0 Å². The number of hydrogen-bond acceptors (Lipinski definition) is 1. The molecule has 0 saturated heterocycles. The molecule has 3 heteroatoms. The lowest BCUT2D eigenvalue weighted by atomic mass is 9.95. The summed E-state index contributed by atoms with van der Waals surface area (Å²) in [5, 5.41) is 7.05. The molecule has 2 aromatic rings. The zero-order valence-electron chi connectivity index (χ0n) is 11.7. The first kappa shape index (κ1) is 12.9. The van der Waals surface area contributed by atoms with Gasteiger partial charge in [0.05, 0.1) is 0 Å². The Morgan fingerprint density at radius 3 is 2.44 bits per heavy atom. The van der Waals surface area contributed by atoms with Gasteiger partial charge < -0.3 is 4.98 Å².